The number of hydrogen-bond acceptors (Lipinski definition) is 3. The second-order valence-electron chi connectivity index (χ2n) is 10.3. The van der Waals surface area contributed by atoms with E-state index in [0.29, 0.717) is 5.70 Å². The Hall–Kier alpha value is -3.27. The van der Waals surface area contributed by atoms with Gasteiger partial charge in [0, 0.05) is 23.2 Å². The van der Waals surface area contributed by atoms with Crippen LogP contribution in [0.2, 0.25) is 0 Å². The maximum absolute atomic E-state index is 14.3. The maximum atomic E-state index is 14.3. The van der Waals surface area contributed by atoms with Crippen LogP contribution in [0.25, 0.3) is 5.57 Å². The fourth-order valence-corrected chi connectivity index (χ4v) is 4.23. The summed E-state index contributed by atoms with van der Waals surface area (Å²) in [6.07, 6.45) is 11.2. The molecule has 0 aliphatic rings. The zero-order chi connectivity index (χ0) is 29.0. The number of ketones is 1. The summed E-state index contributed by atoms with van der Waals surface area (Å²) in [6, 6.07) is 6.16. The molecule has 0 fully saturated rings. The molecule has 0 saturated heterocycles. The molecule has 0 bridgehead atoms. The number of aryl methyl sites for hydroxylation is 1. The highest BCUT2D eigenvalue weighted by Gasteiger charge is 2.33. The summed E-state index contributed by atoms with van der Waals surface area (Å²) in [5.74, 6) is -0.157. The van der Waals surface area contributed by atoms with Crippen molar-refractivity contribution in [2.75, 3.05) is 0 Å². The Morgan fingerprint density at radius 2 is 1.89 bits per heavy atom. The summed E-state index contributed by atoms with van der Waals surface area (Å²) < 4.78 is 14.3. The van der Waals surface area contributed by atoms with Crippen LogP contribution in [-0.4, -0.2) is 12.0 Å². The summed E-state index contributed by atoms with van der Waals surface area (Å²) in [4.78, 5) is 17.8. The fraction of sp³-hybridized carbons (Fsp3) is 0.412. The van der Waals surface area contributed by atoms with E-state index in [2.05, 4.69) is 31.5 Å². The van der Waals surface area contributed by atoms with Crippen molar-refractivity contribution in [1.82, 2.24) is 5.32 Å². The normalized spacial score (nSPS) is 14.8. The third kappa shape index (κ3) is 8.65. The van der Waals surface area contributed by atoms with Crippen LogP contribution in [0.1, 0.15) is 91.3 Å². The monoisotopic (exact) mass is 518 g/mol. The van der Waals surface area contributed by atoms with Crippen LogP contribution < -0.4 is 5.32 Å². The second kappa shape index (κ2) is 15.2. The number of benzene rings is 1. The molecule has 206 valence electrons. The number of halogens is 1. The van der Waals surface area contributed by atoms with Crippen molar-refractivity contribution in [1.29, 1.82) is 0 Å². The van der Waals surface area contributed by atoms with Crippen LogP contribution in [-0.2, 0) is 10.2 Å². The molecule has 0 aliphatic carbocycles. The Balaban J connectivity index is 3.49. The van der Waals surface area contributed by atoms with E-state index in [-0.39, 0.29) is 11.7 Å². The van der Waals surface area contributed by atoms with Crippen molar-refractivity contribution in [3.05, 3.63) is 101 Å². The van der Waals surface area contributed by atoms with Gasteiger partial charge in [0.15, 0.2) is 0 Å². The topological polar surface area (TPSA) is 41.5 Å². The third-order valence-corrected chi connectivity index (χ3v) is 6.94. The van der Waals surface area contributed by atoms with E-state index in [1.807, 2.05) is 79.8 Å². The minimum absolute atomic E-state index is 0.0141. The lowest BCUT2D eigenvalue weighted by atomic mass is 9.73. The molecule has 1 atom stereocenters. The van der Waals surface area contributed by atoms with Crippen LogP contribution >= 0.6 is 0 Å². The number of carbonyl (C=O) groups is 1. The molecule has 0 aliphatic heterocycles. The third-order valence-electron chi connectivity index (χ3n) is 6.94. The standard InChI is InChI=1S/C34H47FN2O/c1-12-16-20-36-32(26(8)27(9)37-31(17-13-2)30(35)15-4)22-24(6)28-18-19-29(25(7)21-28)34(10,11)33(38)23(5)14-3/h13,15,17-23,37H,4,6,12,14,16H2,1-3,5,7-11H3/b17-13-,27-26+,31-30-,32-22+,36-20?. The van der Waals surface area contributed by atoms with Crippen LogP contribution in [0.15, 0.2) is 89.1 Å². The molecule has 1 aromatic carbocycles. The minimum atomic E-state index is -0.564. The number of aliphatic imine (C=N–C) groups is 1. The number of carbonyl (C=O) groups excluding carboxylic acids is 1. The van der Waals surface area contributed by atoms with Crippen LogP contribution in [0.4, 0.5) is 4.39 Å². The van der Waals surface area contributed by atoms with Crippen molar-refractivity contribution in [2.24, 2.45) is 10.9 Å². The SMILES string of the molecule is C=C/C(F)=C(\C=C/C)N/C(C)=C(C)/C(=C\C(=C)c1ccc(C(C)(C)C(=O)C(C)CC)c(C)c1)N=CCCC. The Morgan fingerprint density at radius 1 is 1.24 bits per heavy atom. The summed E-state index contributed by atoms with van der Waals surface area (Å²) in [7, 11) is 0. The summed E-state index contributed by atoms with van der Waals surface area (Å²) >= 11 is 0. The molecular formula is C34H47FN2O. The smallest absolute Gasteiger partial charge is 0.146 e. The lowest BCUT2D eigenvalue weighted by Gasteiger charge is -2.28. The van der Waals surface area contributed by atoms with Crippen molar-refractivity contribution >= 4 is 17.6 Å². The first kappa shape index (κ1) is 32.8. The van der Waals surface area contributed by atoms with Gasteiger partial charge in [0.25, 0.3) is 0 Å². The molecule has 0 radical (unpaired) electrons. The van der Waals surface area contributed by atoms with E-state index in [4.69, 9.17) is 4.99 Å². The van der Waals surface area contributed by atoms with E-state index in [0.717, 1.165) is 58.5 Å². The number of nitrogens with zero attached hydrogens (tertiary/aromatic N) is 1. The van der Waals surface area contributed by atoms with Gasteiger partial charge in [0.2, 0.25) is 0 Å². The average molecular weight is 519 g/mol. The van der Waals surface area contributed by atoms with E-state index in [1.165, 1.54) is 6.08 Å². The molecule has 4 heteroatoms. The number of Topliss-reactive ketones (excluding diaryl/α,β-unsaturated/α-hetero) is 1. The second-order valence-corrected chi connectivity index (χ2v) is 10.3. The first-order valence-electron chi connectivity index (χ1n) is 13.5. The predicted octanol–water partition coefficient (Wildman–Crippen LogP) is 9.48. The highest BCUT2D eigenvalue weighted by atomic mass is 19.1. The Bertz CT molecular complexity index is 1170. The molecule has 0 aromatic heterocycles. The van der Waals surface area contributed by atoms with Gasteiger partial charge in [-0.2, -0.15) is 0 Å². The first-order valence-corrected chi connectivity index (χ1v) is 13.5. The molecule has 3 nitrogen and oxygen atoms in total. The van der Waals surface area contributed by atoms with Crippen molar-refractivity contribution in [3.8, 4) is 0 Å². The average Bonchev–Trinajstić information content (AvgIpc) is 2.89. The lowest BCUT2D eigenvalue weighted by molar-refractivity contribution is -0.127. The molecular weight excluding hydrogens is 471 g/mol. The van der Waals surface area contributed by atoms with Gasteiger partial charge in [0.1, 0.15) is 11.6 Å². The number of rotatable bonds is 14. The summed E-state index contributed by atoms with van der Waals surface area (Å²) in [5.41, 5.74) is 6.05. The molecule has 0 spiro atoms. The molecule has 0 saturated carbocycles. The predicted molar refractivity (Wildman–Crippen MR) is 164 cm³/mol. The molecule has 0 amide bonds. The zero-order valence-corrected chi connectivity index (χ0v) is 25.0. The Kier molecular flexibility index (Phi) is 13.1. The zero-order valence-electron chi connectivity index (χ0n) is 25.0. The summed E-state index contributed by atoms with van der Waals surface area (Å²) in [6.45, 7) is 25.8. The highest BCUT2D eigenvalue weighted by molar-refractivity contribution is 5.91. The van der Waals surface area contributed by atoms with Crippen molar-refractivity contribution in [3.63, 3.8) is 0 Å². The molecule has 1 rings (SSSR count). The fourth-order valence-electron chi connectivity index (χ4n) is 4.23. The van der Waals surface area contributed by atoms with Crippen molar-refractivity contribution < 1.29 is 9.18 Å². The lowest BCUT2D eigenvalue weighted by Crippen LogP contribution is -2.34. The molecule has 1 N–H and O–H groups in total. The van der Waals surface area contributed by atoms with Gasteiger partial charge >= 0.3 is 0 Å². The number of hydrogen-bond donors (Lipinski definition) is 1. The maximum Gasteiger partial charge on any atom is 0.146 e. The first-order chi connectivity index (χ1) is 17.8. The van der Waals surface area contributed by atoms with Gasteiger partial charge in [-0.15, -0.1) is 0 Å². The van der Waals surface area contributed by atoms with Crippen LogP contribution in [0.5, 0.6) is 0 Å². The van der Waals surface area contributed by atoms with Crippen molar-refractivity contribution in [2.45, 2.75) is 87.0 Å². The van der Waals surface area contributed by atoms with Gasteiger partial charge in [-0.25, -0.2) is 4.39 Å². The summed E-state index contributed by atoms with van der Waals surface area (Å²) in [5, 5.41) is 3.16. The number of unbranched alkanes of at least 4 members (excludes halogenated alkanes) is 1. The number of nitrogens with one attached hydrogen (secondary N) is 1. The van der Waals surface area contributed by atoms with Gasteiger partial charge in [-0.3, -0.25) is 9.79 Å². The van der Waals surface area contributed by atoms with E-state index >= 15 is 0 Å². The van der Waals surface area contributed by atoms with E-state index in [1.54, 1.807) is 12.2 Å². The van der Waals surface area contributed by atoms with E-state index < -0.39 is 11.2 Å². The highest BCUT2D eigenvalue weighted by Crippen LogP contribution is 2.33. The Labute approximate surface area is 230 Å². The molecule has 1 aromatic rings. The quantitative estimate of drug-likeness (QED) is 0.197. The van der Waals surface area contributed by atoms with E-state index in [9.17, 15) is 9.18 Å². The van der Waals surface area contributed by atoms with Crippen LogP contribution in [0, 0.1) is 12.8 Å². The van der Waals surface area contributed by atoms with Gasteiger partial charge in [-0.05, 0) is 100 Å². The Morgan fingerprint density at radius 3 is 2.42 bits per heavy atom. The molecule has 38 heavy (non-hydrogen) atoms. The molecule has 1 unspecified atom stereocenters. The van der Waals surface area contributed by atoms with Gasteiger partial charge in [0.05, 0.1) is 11.4 Å². The van der Waals surface area contributed by atoms with Gasteiger partial charge in [-0.1, -0.05) is 64.6 Å². The molecule has 0 heterocycles. The van der Waals surface area contributed by atoms with Crippen LogP contribution in [0.3, 0.4) is 0 Å². The number of allylic oxidation sites excluding steroid dienone is 8. The van der Waals surface area contributed by atoms with Gasteiger partial charge < -0.3 is 5.32 Å². The largest absolute Gasteiger partial charge is 0.356 e. The minimum Gasteiger partial charge on any atom is -0.356 e.